The molecule has 0 amide bonds. The van der Waals surface area contributed by atoms with Gasteiger partial charge in [-0.25, -0.2) is 0 Å². The summed E-state index contributed by atoms with van der Waals surface area (Å²) in [5.74, 6) is 0. The Morgan fingerprint density at radius 1 is 1.55 bits per heavy atom. The highest BCUT2D eigenvalue weighted by Crippen LogP contribution is 2.69. The summed E-state index contributed by atoms with van der Waals surface area (Å²) in [5.41, 5.74) is 0. The van der Waals surface area contributed by atoms with E-state index in [0.717, 1.165) is 0 Å². The molecule has 1 atom stereocenters. The van der Waals surface area contributed by atoms with Gasteiger partial charge in [0.05, 0.1) is 6.61 Å². The van der Waals surface area contributed by atoms with Crippen LogP contribution in [0, 0.1) is 0 Å². The first-order chi connectivity index (χ1) is 4.81. The van der Waals surface area contributed by atoms with Crippen LogP contribution in [-0.4, -0.2) is 10.1 Å². The van der Waals surface area contributed by atoms with Crippen molar-refractivity contribution in [1.29, 1.82) is 0 Å². The van der Waals surface area contributed by atoms with Crippen LogP contribution in [0.15, 0.2) is 12.7 Å². The molecule has 0 aromatic rings. The molecule has 0 aromatic carbocycles. The number of halogens is 4. The first-order valence-corrected chi connectivity index (χ1v) is 6.09. The SMILES string of the molecule is C=CCOP(=O)(Cl)C(Cl)(Cl)Cl. The molecule has 0 fully saturated rings. The standard InChI is InChI=1S/C4H5Cl4O2P/c1-2-3-10-11(8,9)4(5,6)7/h2H,1,3H2. The molecule has 66 valence electrons. The Bertz CT molecular complexity index is 187. The van der Waals surface area contributed by atoms with Gasteiger partial charge in [0.15, 0.2) is 0 Å². The minimum atomic E-state index is -3.70. The third-order valence-corrected chi connectivity index (χ3v) is 5.58. The monoisotopic (exact) mass is 256 g/mol. The van der Waals surface area contributed by atoms with Crippen LogP contribution in [0.5, 0.6) is 0 Å². The van der Waals surface area contributed by atoms with Gasteiger partial charge in [0, 0.05) is 0 Å². The third kappa shape index (κ3) is 4.02. The summed E-state index contributed by atoms with van der Waals surface area (Å²) >= 11 is 21.0. The topological polar surface area (TPSA) is 26.3 Å². The molecule has 0 rings (SSSR count). The van der Waals surface area contributed by atoms with Crippen molar-refractivity contribution in [3.8, 4) is 0 Å². The highest BCUT2D eigenvalue weighted by atomic mass is 35.7. The van der Waals surface area contributed by atoms with E-state index in [9.17, 15) is 4.57 Å². The van der Waals surface area contributed by atoms with E-state index in [-0.39, 0.29) is 6.61 Å². The second-order valence-corrected chi connectivity index (χ2v) is 7.83. The van der Waals surface area contributed by atoms with Crippen LogP contribution in [0.1, 0.15) is 0 Å². The Morgan fingerprint density at radius 3 is 2.27 bits per heavy atom. The summed E-state index contributed by atoms with van der Waals surface area (Å²) in [6.07, 6.45) is 1.35. The van der Waals surface area contributed by atoms with Crippen molar-refractivity contribution in [2.24, 2.45) is 0 Å². The van der Waals surface area contributed by atoms with Crippen LogP contribution in [0.3, 0.4) is 0 Å². The molecule has 0 spiro atoms. The van der Waals surface area contributed by atoms with Crippen molar-refractivity contribution in [3.05, 3.63) is 12.7 Å². The quantitative estimate of drug-likeness (QED) is 0.435. The van der Waals surface area contributed by atoms with Gasteiger partial charge in [-0.3, -0.25) is 4.57 Å². The first-order valence-electron chi connectivity index (χ1n) is 2.43. The molecule has 0 aliphatic carbocycles. The van der Waals surface area contributed by atoms with Gasteiger partial charge in [-0.15, -0.1) is 6.58 Å². The van der Waals surface area contributed by atoms with Gasteiger partial charge >= 0.3 is 6.72 Å². The summed E-state index contributed by atoms with van der Waals surface area (Å²) in [6.45, 7) is -0.403. The molecule has 0 saturated heterocycles. The van der Waals surface area contributed by atoms with E-state index in [1.807, 2.05) is 0 Å². The number of alkyl halides is 3. The molecule has 0 N–H and O–H groups in total. The van der Waals surface area contributed by atoms with Crippen molar-refractivity contribution < 1.29 is 9.09 Å². The van der Waals surface area contributed by atoms with Gasteiger partial charge in [-0.2, -0.15) is 0 Å². The van der Waals surface area contributed by atoms with Gasteiger partial charge in [-0.1, -0.05) is 40.9 Å². The van der Waals surface area contributed by atoms with Crippen LogP contribution in [0.25, 0.3) is 0 Å². The van der Waals surface area contributed by atoms with E-state index < -0.39 is 10.3 Å². The molecule has 0 radical (unpaired) electrons. The zero-order valence-corrected chi connectivity index (χ0v) is 9.19. The lowest BCUT2D eigenvalue weighted by atomic mass is 10.7. The van der Waals surface area contributed by atoms with E-state index in [1.165, 1.54) is 6.08 Å². The van der Waals surface area contributed by atoms with Crippen LogP contribution in [0.2, 0.25) is 0 Å². The fraction of sp³-hybridized carbons (Fsp3) is 0.500. The lowest BCUT2D eigenvalue weighted by Gasteiger charge is -2.16. The Labute approximate surface area is 84.6 Å². The molecule has 1 unspecified atom stereocenters. The van der Waals surface area contributed by atoms with E-state index in [4.69, 9.17) is 46.0 Å². The molecule has 0 aromatic heterocycles. The van der Waals surface area contributed by atoms with Crippen molar-refractivity contribution in [3.63, 3.8) is 0 Å². The van der Waals surface area contributed by atoms with Crippen molar-refractivity contribution in [2.75, 3.05) is 6.61 Å². The fourth-order valence-corrected chi connectivity index (χ4v) is 1.27. The van der Waals surface area contributed by atoms with Gasteiger partial charge < -0.3 is 4.52 Å². The van der Waals surface area contributed by atoms with E-state index >= 15 is 0 Å². The average Bonchev–Trinajstić information content (AvgIpc) is 1.81. The maximum atomic E-state index is 11.1. The van der Waals surface area contributed by atoms with Gasteiger partial charge in [0.25, 0.3) is 3.53 Å². The maximum Gasteiger partial charge on any atom is 0.340 e. The Kier molecular flexibility index (Phi) is 4.79. The van der Waals surface area contributed by atoms with Gasteiger partial charge in [-0.05, 0) is 11.2 Å². The molecule has 0 aliphatic heterocycles. The van der Waals surface area contributed by atoms with E-state index in [0.29, 0.717) is 0 Å². The van der Waals surface area contributed by atoms with Crippen LogP contribution >= 0.6 is 52.8 Å². The van der Waals surface area contributed by atoms with E-state index in [2.05, 4.69) is 11.1 Å². The van der Waals surface area contributed by atoms with Crippen molar-refractivity contribution in [1.82, 2.24) is 0 Å². The van der Waals surface area contributed by atoms with Crippen molar-refractivity contribution in [2.45, 2.75) is 3.53 Å². The molecular formula is C4H5Cl4O2P. The molecule has 2 nitrogen and oxygen atoms in total. The lowest BCUT2D eigenvalue weighted by Crippen LogP contribution is -2.02. The molecule has 7 heteroatoms. The predicted molar refractivity (Wildman–Crippen MR) is 49.9 cm³/mol. The largest absolute Gasteiger partial charge is 0.340 e. The molecule has 0 aliphatic rings. The number of hydrogen-bond donors (Lipinski definition) is 0. The minimum Gasteiger partial charge on any atom is -0.310 e. The summed E-state index contributed by atoms with van der Waals surface area (Å²) in [7, 11) is 0. The van der Waals surface area contributed by atoms with Gasteiger partial charge in [0.1, 0.15) is 0 Å². The second kappa shape index (κ2) is 4.36. The van der Waals surface area contributed by atoms with Crippen LogP contribution in [0.4, 0.5) is 0 Å². The first kappa shape index (κ1) is 12.1. The Hall–Kier alpha value is 1.09. The molecule has 0 saturated carbocycles. The molecule has 0 heterocycles. The Balaban J connectivity index is 4.23. The minimum absolute atomic E-state index is 0.0192. The predicted octanol–water partition coefficient (Wildman–Crippen LogP) is 3.95. The number of rotatable bonds is 3. The van der Waals surface area contributed by atoms with E-state index in [1.54, 1.807) is 0 Å². The summed E-state index contributed by atoms with van der Waals surface area (Å²) in [5, 5.41) is 0. The highest BCUT2D eigenvalue weighted by Gasteiger charge is 2.44. The summed E-state index contributed by atoms with van der Waals surface area (Å²) in [6, 6.07) is 0. The number of hydrogen-bond acceptors (Lipinski definition) is 2. The van der Waals surface area contributed by atoms with Gasteiger partial charge in [0.2, 0.25) is 0 Å². The lowest BCUT2D eigenvalue weighted by molar-refractivity contribution is 0.365. The highest BCUT2D eigenvalue weighted by molar-refractivity contribution is 7.90. The fourth-order valence-electron chi connectivity index (χ4n) is 0.222. The molecule has 0 bridgehead atoms. The zero-order valence-electron chi connectivity index (χ0n) is 5.27. The summed E-state index contributed by atoms with van der Waals surface area (Å²) < 4.78 is 13.6. The molecular weight excluding hydrogens is 253 g/mol. The molecule has 11 heavy (non-hydrogen) atoms. The Morgan fingerprint density at radius 2 is 2.00 bits per heavy atom. The average molecular weight is 258 g/mol. The van der Waals surface area contributed by atoms with Crippen LogP contribution < -0.4 is 0 Å². The maximum absolute atomic E-state index is 11.1. The normalized spacial score (nSPS) is 17.5. The zero-order chi connectivity index (χ0) is 9.12. The summed E-state index contributed by atoms with van der Waals surface area (Å²) in [4.78, 5) is 0. The van der Waals surface area contributed by atoms with Crippen molar-refractivity contribution >= 4 is 52.8 Å². The smallest absolute Gasteiger partial charge is 0.310 e. The van der Waals surface area contributed by atoms with Crippen LogP contribution in [-0.2, 0) is 9.09 Å². The third-order valence-electron chi connectivity index (χ3n) is 0.661. The second-order valence-electron chi connectivity index (χ2n) is 1.53.